The summed E-state index contributed by atoms with van der Waals surface area (Å²) in [6.07, 6.45) is 3.31. The molecule has 1 aliphatic rings. The molecule has 0 bridgehead atoms. The Morgan fingerprint density at radius 2 is 2.03 bits per heavy atom. The van der Waals surface area contributed by atoms with E-state index in [1.54, 1.807) is 18.5 Å². The molecule has 0 saturated carbocycles. The van der Waals surface area contributed by atoms with E-state index in [0.29, 0.717) is 6.54 Å². The standard InChI is InChI=1S/C18H22N8O3/c1-24-16(27)14-15(26(18(24)28)12-13-3-2-4-19-11-13)22-23-17(21-14)20-5-6-25-7-9-29-10-8-25/h2-4,11H,5-10,12H2,1H3,(H,20,21,23). The molecule has 0 amide bonds. The van der Waals surface area contributed by atoms with Crippen molar-refractivity contribution < 1.29 is 4.74 Å². The molecule has 0 aromatic carbocycles. The van der Waals surface area contributed by atoms with Crippen LogP contribution in [0.1, 0.15) is 5.56 Å². The Hall–Kier alpha value is -3.18. The van der Waals surface area contributed by atoms with Crippen LogP contribution in [-0.2, 0) is 18.3 Å². The maximum atomic E-state index is 12.6. The highest BCUT2D eigenvalue weighted by atomic mass is 16.5. The molecular formula is C18H22N8O3. The van der Waals surface area contributed by atoms with Gasteiger partial charge < -0.3 is 10.1 Å². The molecule has 1 N–H and O–H groups in total. The minimum Gasteiger partial charge on any atom is -0.379 e. The molecule has 1 aliphatic heterocycles. The van der Waals surface area contributed by atoms with Crippen molar-refractivity contribution in [2.75, 3.05) is 44.7 Å². The average Bonchev–Trinajstić information content (AvgIpc) is 2.77. The van der Waals surface area contributed by atoms with Crippen LogP contribution in [-0.4, -0.2) is 73.6 Å². The van der Waals surface area contributed by atoms with Crippen molar-refractivity contribution in [2.24, 2.45) is 7.05 Å². The van der Waals surface area contributed by atoms with Crippen molar-refractivity contribution in [3.8, 4) is 0 Å². The van der Waals surface area contributed by atoms with Gasteiger partial charge in [0.2, 0.25) is 5.95 Å². The van der Waals surface area contributed by atoms with Gasteiger partial charge in [0.05, 0.1) is 19.8 Å². The number of fused-ring (bicyclic) bond motifs is 1. The molecular weight excluding hydrogens is 376 g/mol. The lowest BCUT2D eigenvalue weighted by Gasteiger charge is -2.26. The highest BCUT2D eigenvalue weighted by Crippen LogP contribution is 2.07. The summed E-state index contributed by atoms with van der Waals surface area (Å²) in [6, 6.07) is 3.63. The van der Waals surface area contributed by atoms with Crippen molar-refractivity contribution in [3.05, 3.63) is 50.9 Å². The second kappa shape index (κ2) is 8.45. The molecule has 11 nitrogen and oxygen atoms in total. The van der Waals surface area contributed by atoms with Crippen LogP contribution in [0.5, 0.6) is 0 Å². The number of hydrogen-bond acceptors (Lipinski definition) is 9. The van der Waals surface area contributed by atoms with E-state index in [4.69, 9.17) is 4.74 Å². The monoisotopic (exact) mass is 398 g/mol. The molecule has 11 heteroatoms. The molecule has 152 valence electrons. The van der Waals surface area contributed by atoms with Crippen LogP contribution >= 0.6 is 0 Å². The Kier molecular flexibility index (Phi) is 5.58. The molecule has 0 radical (unpaired) electrons. The fourth-order valence-electron chi connectivity index (χ4n) is 3.21. The van der Waals surface area contributed by atoms with Crippen LogP contribution in [0.15, 0.2) is 34.1 Å². The second-order valence-corrected chi connectivity index (χ2v) is 6.78. The Balaban J connectivity index is 1.60. The van der Waals surface area contributed by atoms with Gasteiger partial charge in [0.25, 0.3) is 5.56 Å². The van der Waals surface area contributed by atoms with Crippen LogP contribution in [0.2, 0.25) is 0 Å². The normalized spacial score (nSPS) is 14.9. The lowest BCUT2D eigenvalue weighted by molar-refractivity contribution is 0.0398. The van der Waals surface area contributed by atoms with Crippen LogP contribution in [0.3, 0.4) is 0 Å². The van der Waals surface area contributed by atoms with Gasteiger partial charge in [-0.25, -0.2) is 9.78 Å². The number of ether oxygens (including phenoxy) is 1. The summed E-state index contributed by atoms with van der Waals surface area (Å²) >= 11 is 0. The van der Waals surface area contributed by atoms with Gasteiger partial charge in [-0.3, -0.25) is 23.8 Å². The fraction of sp³-hybridized carbons (Fsp3) is 0.444. The zero-order chi connectivity index (χ0) is 20.2. The predicted octanol–water partition coefficient (Wildman–Crippen LogP) is -0.927. The molecule has 3 aromatic rings. The lowest BCUT2D eigenvalue weighted by Crippen LogP contribution is -2.40. The van der Waals surface area contributed by atoms with E-state index in [-0.39, 0.29) is 23.7 Å². The molecule has 1 fully saturated rings. The van der Waals surface area contributed by atoms with E-state index < -0.39 is 11.2 Å². The largest absolute Gasteiger partial charge is 0.379 e. The first kappa shape index (κ1) is 19.2. The van der Waals surface area contributed by atoms with Gasteiger partial charge in [0.15, 0.2) is 11.2 Å². The number of anilines is 1. The van der Waals surface area contributed by atoms with Crippen molar-refractivity contribution >= 4 is 17.1 Å². The second-order valence-electron chi connectivity index (χ2n) is 6.78. The number of pyridine rings is 1. The molecule has 4 heterocycles. The quantitative estimate of drug-likeness (QED) is 0.561. The highest BCUT2D eigenvalue weighted by Gasteiger charge is 2.16. The van der Waals surface area contributed by atoms with Crippen molar-refractivity contribution in [1.29, 1.82) is 0 Å². The van der Waals surface area contributed by atoms with Crippen LogP contribution in [0, 0.1) is 0 Å². The van der Waals surface area contributed by atoms with E-state index in [0.717, 1.165) is 43.0 Å². The molecule has 0 unspecified atom stereocenters. The van der Waals surface area contributed by atoms with Crippen LogP contribution in [0.4, 0.5) is 5.95 Å². The summed E-state index contributed by atoms with van der Waals surface area (Å²) in [4.78, 5) is 35.9. The summed E-state index contributed by atoms with van der Waals surface area (Å²) in [5.74, 6) is 0.259. The molecule has 1 saturated heterocycles. The maximum absolute atomic E-state index is 12.6. The Morgan fingerprint density at radius 3 is 2.79 bits per heavy atom. The number of nitrogens with one attached hydrogen (secondary N) is 1. The van der Waals surface area contributed by atoms with E-state index in [9.17, 15) is 9.59 Å². The summed E-state index contributed by atoms with van der Waals surface area (Å²) < 4.78 is 7.75. The molecule has 0 atom stereocenters. The van der Waals surface area contributed by atoms with Gasteiger partial charge in [0, 0.05) is 45.6 Å². The summed E-state index contributed by atoms with van der Waals surface area (Å²) in [6.45, 7) is 4.89. The first-order valence-electron chi connectivity index (χ1n) is 9.40. The highest BCUT2D eigenvalue weighted by molar-refractivity contribution is 5.69. The van der Waals surface area contributed by atoms with E-state index >= 15 is 0 Å². The third-order valence-electron chi connectivity index (χ3n) is 4.83. The summed E-state index contributed by atoms with van der Waals surface area (Å²) in [5.41, 5.74) is 0.0821. The Morgan fingerprint density at radius 1 is 1.21 bits per heavy atom. The fourth-order valence-corrected chi connectivity index (χ4v) is 3.21. The van der Waals surface area contributed by atoms with Crippen LogP contribution < -0.4 is 16.6 Å². The van der Waals surface area contributed by atoms with Crippen molar-refractivity contribution in [2.45, 2.75) is 6.54 Å². The van der Waals surface area contributed by atoms with Gasteiger partial charge in [-0.2, -0.15) is 0 Å². The summed E-state index contributed by atoms with van der Waals surface area (Å²) in [5, 5.41) is 11.3. The Bertz CT molecular complexity index is 1110. The number of nitrogens with zero attached hydrogens (tertiary/aromatic N) is 7. The number of rotatable bonds is 6. The third kappa shape index (κ3) is 4.15. The zero-order valence-corrected chi connectivity index (χ0v) is 16.1. The molecule has 0 aliphatic carbocycles. The van der Waals surface area contributed by atoms with Gasteiger partial charge in [0.1, 0.15) is 0 Å². The molecule has 4 rings (SSSR count). The number of morpholine rings is 1. The SMILES string of the molecule is Cn1c(=O)c2nc(NCCN3CCOCC3)nnc2n(Cc2cccnc2)c1=O. The van der Waals surface area contributed by atoms with E-state index in [1.807, 2.05) is 6.07 Å². The van der Waals surface area contributed by atoms with Crippen LogP contribution in [0.25, 0.3) is 11.2 Å². The topological polar surface area (TPSA) is 120 Å². The zero-order valence-electron chi connectivity index (χ0n) is 16.1. The van der Waals surface area contributed by atoms with E-state index in [1.165, 1.54) is 11.6 Å². The van der Waals surface area contributed by atoms with Gasteiger partial charge in [-0.05, 0) is 11.6 Å². The number of aromatic nitrogens is 6. The first-order valence-corrected chi connectivity index (χ1v) is 9.40. The molecule has 0 spiro atoms. The average molecular weight is 398 g/mol. The maximum Gasteiger partial charge on any atom is 0.332 e. The van der Waals surface area contributed by atoms with E-state index in [2.05, 4.69) is 30.4 Å². The van der Waals surface area contributed by atoms with Gasteiger partial charge in [-0.15, -0.1) is 10.2 Å². The number of hydrogen-bond donors (Lipinski definition) is 1. The van der Waals surface area contributed by atoms with Gasteiger partial charge in [-0.1, -0.05) is 6.07 Å². The third-order valence-corrected chi connectivity index (χ3v) is 4.83. The van der Waals surface area contributed by atoms with Crippen molar-refractivity contribution in [3.63, 3.8) is 0 Å². The molecule has 29 heavy (non-hydrogen) atoms. The lowest BCUT2D eigenvalue weighted by atomic mass is 10.3. The predicted molar refractivity (Wildman–Crippen MR) is 106 cm³/mol. The minimum absolute atomic E-state index is 0.0971. The summed E-state index contributed by atoms with van der Waals surface area (Å²) in [7, 11) is 1.43. The molecule has 3 aromatic heterocycles. The van der Waals surface area contributed by atoms with Crippen molar-refractivity contribution in [1.82, 2.24) is 34.2 Å². The smallest absolute Gasteiger partial charge is 0.332 e. The first-order chi connectivity index (χ1) is 14.1. The Labute approximate surface area is 166 Å². The van der Waals surface area contributed by atoms with Gasteiger partial charge >= 0.3 is 5.69 Å². The minimum atomic E-state index is -0.501.